The van der Waals surface area contributed by atoms with Gasteiger partial charge in [-0.3, -0.25) is 0 Å². The van der Waals surface area contributed by atoms with Crippen molar-refractivity contribution in [2.75, 3.05) is 6.61 Å². The maximum Gasteiger partial charge on any atom is 0.201 e. The molecule has 3 heteroatoms. The van der Waals surface area contributed by atoms with Crippen LogP contribution in [0.15, 0.2) is 30.4 Å². The van der Waals surface area contributed by atoms with E-state index in [1.807, 2.05) is 6.92 Å². The maximum absolute atomic E-state index is 14.6. The molecule has 0 bridgehead atoms. The van der Waals surface area contributed by atoms with Gasteiger partial charge in [-0.25, -0.2) is 4.39 Å². The molecular formula is C28H40F2O. The third-order valence-corrected chi connectivity index (χ3v) is 7.12. The second-order valence-electron chi connectivity index (χ2n) is 9.53. The van der Waals surface area contributed by atoms with Gasteiger partial charge in [0.25, 0.3) is 0 Å². The van der Waals surface area contributed by atoms with Crippen LogP contribution >= 0.6 is 0 Å². The van der Waals surface area contributed by atoms with Crippen molar-refractivity contribution in [3.05, 3.63) is 47.6 Å². The quantitative estimate of drug-likeness (QED) is 0.337. The van der Waals surface area contributed by atoms with Crippen molar-refractivity contribution >= 4 is 5.57 Å². The van der Waals surface area contributed by atoms with Crippen LogP contribution in [0.1, 0.15) is 96.5 Å². The van der Waals surface area contributed by atoms with Gasteiger partial charge in [-0.15, -0.1) is 0 Å². The van der Waals surface area contributed by atoms with Crippen molar-refractivity contribution < 1.29 is 13.5 Å². The Morgan fingerprint density at radius 3 is 2.32 bits per heavy atom. The Morgan fingerprint density at radius 1 is 0.935 bits per heavy atom. The van der Waals surface area contributed by atoms with Crippen LogP contribution < -0.4 is 4.74 Å². The summed E-state index contributed by atoms with van der Waals surface area (Å²) in [6.07, 6.45) is 21.2. The molecule has 1 unspecified atom stereocenters. The zero-order chi connectivity index (χ0) is 22.1. The minimum atomic E-state index is -0.863. The van der Waals surface area contributed by atoms with Gasteiger partial charge >= 0.3 is 0 Å². The van der Waals surface area contributed by atoms with Crippen LogP contribution in [-0.4, -0.2) is 6.61 Å². The van der Waals surface area contributed by atoms with Crippen molar-refractivity contribution in [1.29, 1.82) is 0 Å². The molecule has 1 saturated carbocycles. The summed E-state index contributed by atoms with van der Waals surface area (Å²) in [5, 5.41) is 0. The van der Waals surface area contributed by atoms with E-state index in [0.29, 0.717) is 18.1 Å². The molecule has 1 aromatic carbocycles. The van der Waals surface area contributed by atoms with E-state index in [9.17, 15) is 8.78 Å². The summed E-state index contributed by atoms with van der Waals surface area (Å²) < 4.78 is 34.1. The summed E-state index contributed by atoms with van der Waals surface area (Å²) in [4.78, 5) is 0. The van der Waals surface area contributed by atoms with Gasteiger partial charge in [0.05, 0.1) is 6.61 Å². The predicted octanol–water partition coefficient (Wildman–Crippen LogP) is 8.88. The first kappa shape index (κ1) is 24.0. The summed E-state index contributed by atoms with van der Waals surface area (Å²) in [6, 6.07) is 3.23. The fourth-order valence-corrected chi connectivity index (χ4v) is 5.21. The first-order chi connectivity index (χ1) is 15.1. The molecule has 0 heterocycles. The fraction of sp³-hybridized carbons (Fsp3) is 0.643. The second kappa shape index (κ2) is 12.4. The largest absolute Gasteiger partial charge is 0.490 e. The Balaban J connectivity index is 1.44. The molecule has 1 atom stereocenters. The number of ether oxygens (including phenoxy) is 1. The number of halogens is 2. The Hall–Kier alpha value is -1.64. The van der Waals surface area contributed by atoms with Crippen molar-refractivity contribution in [1.82, 2.24) is 0 Å². The minimum absolute atomic E-state index is 0.0131. The van der Waals surface area contributed by atoms with Crippen LogP contribution in [0.3, 0.4) is 0 Å². The average Bonchev–Trinajstić information content (AvgIpc) is 2.79. The third-order valence-electron chi connectivity index (χ3n) is 7.12. The lowest BCUT2D eigenvalue weighted by atomic mass is 9.78. The van der Waals surface area contributed by atoms with E-state index >= 15 is 0 Å². The summed E-state index contributed by atoms with van der Waals surface area (Å²) in [5.74, 6) is 0.791. The Bertz CT molecular complexity index is 744. The van der Waals surface area contributed by atoms with Gasteiger partial charge < -0.3 is 4.74 Å². The molecule has 0 saturated heterocycles. The molecule has 0 aliphatic heterocycles. The van der Waals surface area contributed by atoms with Crippen molar-refractivity contribution in [2.24, 2.45) is 17.8 Å². The van der Waals surface area contributed by atoms with Gasteiger partial charge in [0, 0.05) is 5.56 Å². The van der Waals surface area contributed by atoms with Crippen LogP contribution in [0.5, 0.6) is 5.75 Å². The number of allylic oxidation sites excluding steroid dienone is 4. The van der Waals surface area contributed by atoms with Crippen LogP contribution in [-0.2, 0) is 0 Å². The summed E-state index contributed by atoms with van der Waals surface area (Å²) in [6.45, 7) is 4.64. The van der Waals surface area contributed by atoms with E-state index < -0.39 is 11.6 Å². The first-order valence-corrected chi connectivity index (χ1v) is 12.6. The highest BCUT2D eigenvalue weighted by molar-refractivity contribution is 5.67. The molecule has 0 aromatic heterocycles. The van der Waals surface area contributed by atoms with Crippen molar-refractivity contribution in [3.63, 3.8) is 0 Å². The molecule has 0 N–H and O–H groups in total. The first-order valence-electron chi connectivity index (χ1n) is 12.6. The highest BCUT2D eigenvalue weighted by Gasteiger charge is 2.21. The van der Waals surface area contributed by atoms with Gasteiger partial charge in [0.15, 0.2) is 11.6 Å². The molecule has 2 aliphatic rings. The van der Waals surface area contributed by atoms with Gasteiger partial charge in [0.2, 0.25) is 5.82 Å². The van der Waals surface area contributed by atoms with Crippen molar-refractivity contribution in [2.45, 2.75) is 90.9 Å². The van der Waals surface area contributed by atoms with E-state index in [4.69, 9.17) is 4.74 Å². The van der Waals surface area contributed by atoms with Crippen LogP contribution in [0.4, 0.5) is 8.78 Å². The lowest BCUT2D eigenvalue weighted by molar-refractivity contribution is 0.253. The maximum atomic E-state index is 14.6. The second-order valence-corrected chi connectivity index (χ2v) is 9.53. The number of benzene rings is 1. The fourth-order valence-electron chi connectivity index (χ4n) is 5.21. The molecule has 172 valence electrons. The topological polar surface area (TPSA) is 9.23 Å². The van der Waals surface area contributed by atoms with E-state index in [1.54, 1.807) is 12.1 Å². The van der Waals surface area contributed by atoms with Crippen molar-refractivity contribution in [3.8, 4) is 5.75 Å². The molecule has 0 amide bonds. The number of hydrogen-bond donors (Lipinski definition) is 0. The minimum Gasteiger partial charge on any atom is -0.490 e. The third kappa shape index (κ3) is 6.92. The smallest absolute Gasteiger partial charge is 0.201 e. The highest BCUT2D eigenvalue weighted by atomic mass is 19.2. The molecule has 2 aliphatic carbocycles. The molecule has 31 heavy (non-hydrogen) atoms. The van der Waals surface area contributed by atoms with Gasteiger partial charge in [-0.05, 0) is 74.0 Å². The van der Waals surface area contributed by atoms with Gasteiger partial charge in [-0.1, -0.05) is 70.6 Å². The molecule has 3 rings (SSSR count). The lowest BCUT2D eigenvalue weighted by Gasteiger charge is -2.28. The van der Waals surface area contributed by atoms with E-state index in [2.05, 4.69) is 25.2 Å². The highest BCUT2D eigenvalue weighted by Crippen LogP contribution is 2.36. The normalized spacial score (nSPS) is 24.4. The monoisotopic (exact) mass is 430 g/mol. The van der Waals surface area contributed by atoms with Gasteiger partial charge in [0.1, 0.15) is 0 Å². The zero-order valence-corrected chi connectivity index (χ0v) is 19.5. The summed E-state index contributed by atoms with van der Waals surface area (Å²) in [7, 11) is 0. The molecular weight excluding hydrogens is 390 g/mol. The summed E-state index contributed by atoms with van der Waals surface area (Å²) in [5.41, 5.74) is 1.31. The average molecular weight is 431 g/mol. The van der Waals surface area contributed by atoms with E-state index in [1.165, 1.54) is 51.4 Å². The zero-order valence-electron chi connectivity index (χ0n) is 19.5. The van der Waals surface area contributed by atoms with Crippen LogP contribution in [0.25, 0.3) is 5.57 Å². The summed E-state index contributed by atoms with van der Waals surface area (Å²) >= 11 is 0. The molecule has 1 fully saturated rings. The van der Waals surface area contributed by atoms with Crippen LogP contribution in [0, 0.1) is 29.4 Å². The van der Waals surface area contributed by atoms with E-state index in [0.717, 1.165) is 43.1 Å². The number of hydrogen-bond acceptors (Lipinski definition) is 1. The number of rotatable bonds is 10. The SMILES string of the molecule is CCCOc1ccc(C2=CCC(/C=C/CCC3CCC(CCC)CC3)CC2)c(F)c1F. The Morgan fingerprint density at radius 2 is 1.68 bits per heavy atom. The Kier molecular flexibility index (Phi) is 9.61. The Labute approximate surface area is 188 Å². The molecule has 0 spiro atoms. The molecule has 1 nitrogen and oxygen atoms in total. The lowest BCUT2D eigenvalue weighted by Crippen LogP contribution is -2.14. The molecule has 0 radical (unpaired) electrons. The van der Waals surface area contributed by atoms with Crippen LogP contribution in [0.2, 0.25) is 0 Å². The predicted molar refractivity (Wildman–Crippen MR) is 126 cm³/mol. The van der Waals surface area contributed by atoms with E-state index in [-0.39, 0.29) is 5.75 Å². The molecule has 1 aromatic rings. The standard InChI is InChI=1S/C28H40F2O/c1-3-7-21-10-12-22(13-11-21)8-5-6-9-23-14-16-24(17-15-23)25-18-19-26(31-20-4-2)28(30)27(25)29/h6,9,16,18-19,21-23H,3-5,7-8,10-15,17,20H2,1-2H3/b9-6+. The van der Waals surface area contributed by atoms with Gasteiger partial charge in [-0.2, -0.15) is 4.39 Å².